The predicted octanol–water partition coefficient (Wildman–Crippen LogP) is 3.82. The van der Waals surface area contributed by atoms with Crippen molar-refractivity contribution in [2.24, 2.45) is 5.92 Å². The lowest BCUT2D eigenvalue weighted by Crippen LogP contribution is -2.43. The van der Waals surface area contributed by atoms with Crippen LogP contribution in [0.5, 0.6) is 0 Å². The zero-order chi connectivity index (χ0) is 19.7. The maximum atomic E-state index is 12.9. The molecule has 0 saturated carbocycles. The van der Waals surface area contributed by atoms with Crippen LogP contribution < -0.4 is 10.6 Å². The molecule has 2 atom stereocenters. The van der Waals surface area contributed by atoms with E-state index in [0.717, 1.165) is 5.56 Å². The van der Waals surface area contributed by atoms with Gasteiger partial charge in [-0.3, -0.25) is 14.4 Å². The molecule has 2 N–H and O–H groups in total. The summed E-state index contributed by atoms with van der Waals surface area (Å²) in [4.78, 5) is 38.0. The van der Waals surface area contributed by atoms with Crippen molar-refractivity contribution in [2.75, 3.05) is 5.32 Å². The Morgan fingerprint density at radius 1 is 0.964 bits per heavy atom. The lowest BCUT2D eigenvalue weighted by atomic mass is 9.75. The summed E-state index contributed by atoms with van der Waals surface area (Å²) < 4.78 is 0. The van der Waals surface area contributed by atoms with Crippen molar-refractivity contribution in [1.29, 1.82) is 0 Å². The number of hydrogen-bond donors (Lipinski definition) is 2. The number of Topliss-reactive ketones (excluding diaryl/α,β-unsaturated/α-hetero) is 1. The third kappa shape index (κ3) is 3.71. The molecule has 2 amide bonds. The average Bonchev–Trinajstić information content (AvgIpc) is 2.69. The van der Waals surface area contributed by atoms with Crippen molar-refractivity contribution in [1.82, 2.24) is 5.32 Å². The molecule has 1 heterocycles. The van der Waals surface area contributed by atoms with Gasteiger partial charge in [0.2, 0.25) is 11.8 Å². The maximum absolute atomic E-state index is 12.9. The molecule has 0 fully saturated rings. The first-order valence-electron chi connectivity index (χ1n) is 9.18. The quantitative estimate of drug-likeness (QED) is 0.831. The van der Waals surface area contributed by atoms with Crippen molar-refractivity contribution in [3.05, 3.63) is 76.5 Å². The fourth-order valence-corrected chi connectivity index (χ4v) is 4.03. The number of benzene rings is 2. The van der Waals surface area contributed by atoms with Crippen LogP contribution in [0.25, 0.3) is 0 Å². The van der Waals surface area contributed by atoms with E-state index in [9.17, 15) is 14.4 Å². The van der Waals surface area contributed by atoms with Gasteiger partial charge in [-0.1, -0.05) is 41.9 Å². The Kier molecular flexibility index (Phi) is 5.01. The second kappa shape index (κ2) is 7.60. The number of amides is 2. The van der Waals surface area contributed by atoms with E-state index in [0.29, 0.717) is 34.8 Å². The zero-order valence-corrected chi connectivity index (χ0v) is 15.8. The van der Waals surface area contributed by atoms with Gasteiger partial charge in [0.15, 0.2) is 5.78 Å². The van der Waals surface area contributed by atoms with E-state index in [4.69, 9.17) is 11.6 Å². The summed E-state index contributed by atoms with van der Waals surface area (Å²) in [6, 6.07) is 16.5. The minimum atomic E-state index is -0.774. The molecule has 142 valence electrons. The molecule has 2 aromatic carbocycles. The van der Waals surface area contributed by atoms with Gasteiger partial charge in [0, 0.05) is 34.8 Å². The second-order valence-electron chi connectivity index (χ2n) is 7.13. The van der Waals surface area contributed by atoms with E-state index >= 15 is 0 Å². The van der Waals surface area contributed by atoms with Gasteiger partial charge in [0.1, 0.15) is 0 Å². The summed E-state index contributed by atoms with van der Waals surface area (Å²) in [7, 11) is 0. The van der Waals surface area contributed by atoms with Gasteiger partial charge >= 0.3 is 0 Å². The van der Waals surface area contributed by atoms with Gasteiger partial charge in [-0.05, 0) is 42.2 Å². The summed E-state index contributed by atoms with van der Waals surface area (Å²) in [6.45, 7) is 0. The lowest BCUT2D eigenvalue weighted by Gasteiger charge is -2.33. The van der Waals surface area contributed by atoms with Crippen LogP contribution in [0.1, 0.15) is 30.7 Å². The van der Waals surface area contributed by atoms with E-state index < -0.39 is 5.92 Å². The Morgan fingerprint density at radius 3 is 2.39 bits per heavy atom. The van der Waals surface area contributed by atoms with E-state index in [1.54, 1.807) is 24.3 Å². The molecule has 5 nitrogen and oxygen atoms in total. The molecule has 0 saturated heterocycles. The Hall–Kier alpha value is -2.92. The number of hydrogen-bond acceptors (Lipinski definition) is 3. The molecular weight excluding hydrogens is 376 g/mol. The van der Waals surface area contributed by atoms with E-state index in [2.05, 4.69) is 10.6 Å². The number of ketones is 1. The monoisotopic (exact) mass is 394 g/mol. The number of anilines is 1. The first-order valence-corrected chi connectivity index (χ1v) is 9.56. The first kappa shape index (κ1) is 18.4. The van der Waals surface area contributed by atoms with E-state index in [1.165, 1.54) is 0 Å². The normalized spacial score (nSPS) is 21.8. The largest absolute Gasteiger partial charge is 0.329 e. The number of carbonyl (C=O) groups excluding carboxylic acids is 3. The van der Waals surface area contributed by atoms with Gasteiger partial charge < -0.3 is 10.6 Å². The molecular formula is C22H19ClN2O3. The fourth-order valence-electron chi connectivity index (χ4n) is 3.91. The highest BCUT2D eigenvalue weighted by molar-refractivity contribution is 6.30. The van der Waals surface area contributed by atoms with Crippen LogP contribution in [0, 0.1) is 5.92 Å². The summed E-state index contributed by atoms with van der Waals surface area (Å²) in [5, 5.41) is 6.18. The highest BCUT2D eigenvalue weighted by Gasteiger charge is 2.40. The molecule has 2 aromatic rings. The van der Waals surface area contributed by atoms with E-state index in [-0.39, 0.29) is 29.9 Å². The van der Waals surface area contributed by atoms with E-state index in [1.807, 2.05) is 30.3 Å². The molecule has 0 unspecified atom stereocenters. The molecule has 4 rings (SSSR count). The molecule has 1 aliphatic heterocycles. The number of carbonyl (C=O) groups is 3. The van der Waals surface area contributed by atoms with Gasteiger partial charge in [0.05, 0.1) is 5.92 Å². The number of rotatable bonds is 3. The molecule has 1 aliphatic carbocycles. The van der Waals surface area contributed by atoms with Gasteiger partial charge in [-0.15, -0.1) is 0 Å². The number of allylic oxidation sites excluding steroid dienone is 1. The summed E-state index contributed by atoms with van der Waals surface area (Å²) in [5.41, 5.74) is 2.66. The second-order valence-corrected chi connectivity index (χ2v) is 7.57. The molecule has 0 radical (unpaired) electrons. The number of halogens is 1. The summed E-state index contributed by atoms with van der Waals surface area (Å²) in [5.74, 6) is -1.44. The molecule has 0 aromatic heterocycles. The SMILES string of the molecule is O=C1C[C@H](C(=O)Nc2ccc(Cl)cc2)C2=C(C[C@@H](c3ccccc3)CC2=O)N1. The van der Waals surface area contributed by atoms with Crippen LogP contribution in [-0.2, 0) is 14.4 Å². The van der Waals surface area contributed by atoms with Crippen molar-refractivity contribution in [2.45, 2.75) is 25.2 Å². The summed E-state index contributed by atoms with van der Waals surface area (Å²) >= 11 is 5.87. The average molecular weight is 395 g/mol. The third-order valence-corrected chi connectivity index (χ3v) is 5.49. The third-order valence-electron chi connectivity index (χ3n) is 5.24. The topological polar surface area (TPSA) is 75.3 Å². The highest BCUT2D eigenvalue weighted by Crippen LogP contribution is 2.39. The van der Waals surface area contributed by atoms with Gasteiger partial charge in [0.25, 0.3) is 0 Å². The van der Waals surface area contributed by atoms with Crippen LogP contribution in [0.2, 0.25) is 5.02 Å². The van der Waals surface area contributed by atoms with Crippen molar-refractivity contribution in [3.8, 4) is 0 Å². The Balaban J connectivity index is 1.60. The smallest absolute Gasteiger partial charge is 0.232 e. The van der Waals surface area contributed by atoms with Crippen molar-refractivity contribution < 1.29 is 14.4 Å². The Labute approximate surface area is 167 Å². The van der Waals surface area contributed by atoms with Crippen LogP contribution in [0.15, 0.2) is 65.9 Å². The van der Waals surface area contributed by atoms with Crippen LogP contribution in [-0.4, -0.2) is 17.6 Å². The first-order chi connectivity index (χ1) is 13.5. The molecule has 6 heteroatoms. The summed E-state index contributed by atoms with van der Waals surface area (Å²) in [6.07, 6.45) is 0.852. The Morgan fingerprint density at radius 2 is 1.68 bits per heavy atom. The van der Waals surface area contributed by atoms with Crippen molar-refractivity contribution in [3.63, 3.8) is 0 Å². The molecule has 0 spiro atoms. The molecule has 0 bridgehead atoms. The molecule has 28 heavy (non-hydrogen) atoms. The van der Waals surface area contributed by atoms with Crippen LogP contribution in [0.4, 0.5) is 5.69 Å². The van der Waals surface area contributed by atoms with Gasteiger partial charge in [-0.25, -0.2) is 0 Å². The molecule has 2 aliphatic rings. The standard InChI is InChI=1S/C22H19ClN2O3/c23-15-6-8-16(9-7-15)24-22(28)17-12-20(27)25-18-10-14(11-19(26)21(17)18)13-4-2-1-3-5-13/h1-9,14,17H,10-12H2,(H,24,28)(H,25,27)/t14-,17+/m1/s1. The fraction of sp³-hybridized carbons (Fsp3) is 0.227. The Bertz CT molecular complexity index is 967. The van der Waals surface area contributed by atoms with Crippen molar-refractivity contribution >= 4 is 34.9 Å². The minimum Gasteiger partial charge on any atom is -0.329 e. The number of nitrogens with one attached hydrogen (secondary N) is 2. The predicted molar refractivity (Wildman–Crippen MR) is 107 cm³/mol. The minimum absolute atomic E-state index is 0.00539. The zero-order valence-electron chi connectivity index (χ0n) is 15.1. The lowest BCUT2D eigenvalue weighted by molar-refractivity contribution is -0.129. The van der Waals surface area contributed by atoms with Crippen LogP contribution >= 0.6 is 11.6 Å². The van der Waals surface area contributed by atoms with Gasteiger partial charge in [-0.2, -0.15) is 0 Å². The van der Waals surface area contributed by atoms with Crippen LogP contribution in [0.3, 0.4) is 0 Å². The highest BCUT2D eigenvalue weighted by atomic mass is 35.5. The maximum Gasteiger partial charge on any atom is 0.232 e.